The Bertz CT molecular complexity index is 2040. The zero-order valence-corrected chi connectivity index (χ0v) is 37.4. The van der Waals surface area contributed by atoms with Crippen LogP contribution >= 0.6 is 11.3 Å². The number of thiophene rings is 1. The van der Waals surface area contributed by atoms with Crippen LogP contribution in [0.2, 0.25) is 0 Å². The number of nitrogens with zero attached hydrogens (tertiary/aromatic N) is 2. The second kappa shape index (κ2) is 18.6. The van der Waals surface area contributed by atoms with Gasteiger partial charge in [0.2, 0.25) is 0 Å². The van der Waals surface area contributed by atoms with Crippen molar-refractivity contribution in [2.75, 3.05) is 0 Å². The topological polar surface area (TPSA) is 63.1 Å². The molecular weight excluding hydrogens is 861 g/mol. The number of carbonyl (C=O) groups excluding carboxylic acids is 1. The van der Waals surface area contributed by atoms with E-state index in [9.17, 15) is 9.90 Å². The maximum atomic E-state index is 11.7. The van der Waals surface area contributed by atoms with Gasteiger partial charge in [-0.2, -0.15) is 0 Å². The standard InChI is InChI=1S/C35H37N2S.C13H24O2.Ir/c1-22-30-33(38-32(22)25-13-11-23(12-14-25)24-15-17-35(5,6)18-16-24)31(37-21-36-30)27-19-26-9-7-8-10-28(26)29(20-27)34(2,3)4;1-5-10(6-2)12(14)9-13(15)11(7-3)8-4;/h7-14,20-21,24H,15-18H2,1-6H3;9-11,14H,5-8H2,1-4H3;/q-1;;/b;12-9-;. The van der Waals surface area contributed by atoms with Crippen molar-refractivity contribution >= 4 is 38.1 Å². The number of rotatable bonds is 10. The Morgan fingerprint density at radius 1 is 0.944 bits per heavy atom. The van der Waals surface area contributed by atoms with Gasteiger partial charge < -0.3 is 5.11 Å². The summed E-state index contributed by atoms with van der Waals surface area (Å²) in [7, 11) is 0. The molecule has 3 aromatic carbocycles. The number of aryl methyl sites for hydroxylation is 1. The van der Waals surface area contributed by atoms with Crippen molar-refractivity contribution in [3.05, 3.63) is 95.5 Å². The molecule has 1 aliphatic carbocycles. The van der Waals surface area contributed by atoms with Crippen LogP contribution in [0.3, 0.4) is 0 Å². The Morgan fingerprint density at radius 3 is 2.15 bits per heavy atom. The summed E-state index contributed by atoms with van der Waals surface area (Å²) < 4.78 is 1.14. The quantitative estimate of drug-likeness (QED) is 0.0861. The zero-order chi connectivity index (χ0) is 38.5. The largest absolute Gasteiger partial charge is 0.512 e. The van der Waals surface area contributed by atoms with E-state index in [2.05, 4.69) is 102 Å². The van der Waals surface area contributed by atoms with Gasteiger partial charge in [0.1, 0.15) is 6.33 Å². The molecule has 0 bridgehead atoms. The van der Waals surface area contributed by atoms with E-state index < -0.39 is 0 Å². The maximum absolute atomic E-state index is 11.7. The number of hydrogen-bond donors (Lipinski definition) is 1. The molecule has 4 nitrogen and oxygen atoms in total. The van der Waals surface area contributed by atoms with Gasteiger partial charge in [-0.1, -0.05) is 116 Å². The molecule has 1 aliphatic rings. The summed E-state index contributed by atoms with van der Waals surface area (Å²) in [5.74, 6) is 1.24. The third-order valence-electron chi connectivity index (χ3n) is 11.6. The number of fused-ring (bicyclic) bond motifs is 2. The van der Waals surface area contributed by atoms with Crippen LogP contribution in [-0.2, 0) is 30.3 Å². The molecule has 0 saturated heterocycles. The number of benzene rings is 3. The van der Waals surface area contributed by atoms with Gasteiger partial charge in [-0.15, -0.1) is 40.5 Å². The number of aromatic nitrogens is 2. The van der Waals surface area contributed by atoms with Gasteiger partial charge in [0, 0.05) is 53.3 Å². The molecule has 0 aliphatic heterocycles. The van der Waals surface area contributed by atoms with E-state index in [1.54, 1.807) is 6.33 Å². The van der Waals surface area contributed by atoms with Crippen LogP contribution in [0.1, 0.15) is 136 Å². The first-order chi connectivity index (χ1) is 25.2. The van der Waals surface area contributed by atoms with Crippen LogP contribution < -0.4 is 0 Å². The molecule has 5 aromatic rings. The first-order valence-electron chi connectivity index (χ1n) is 20.0. The molecule has 0 spiro atoms. The fourth-order valence-electron chi connectivity index (χ4n) is 7.89. The van der Waals surface area contributed by atoms with Gasteiger partial charge in [-0.25, -0.2) is 4.98 Å². The van der Waals surface area contributed by atoms with E-state index in [1.807, 2.05) is 39.0 Å². The molecule has 0 atom stereocenters. The van der Waals surface area contributed by atoms with Crippen LogP contribution in [0.25, 0.3) is 42.7 Å². The number of allylic oxidation sites excluding steroid dienone is 2. The smallest absolute Gasteiger partial charge is 0.162 e. The summed E-state index contributed by atoms with van der Waals surface area (Å²) in [5, 5.41) is 12.2. The van der Waals surface area contributed by atoms with E-state index in [0.29, 0.717) is 11.3 Å². The second-order valence-corrected chi connectivity index (χ2v) is 17.9. The summed E-state index contributed by atoms with van der Waals surface area (Å²) in [4.78, 5) is 22.5. The Hall–Kier alpha value is -3.18. The monoisotopic (exact) mass is 922 g/mol. The van der Waals surface area contributed by atoms with E-state index in [-0.39, 0.29) is 48.9 Å². The van der Waals surface area contributed by atoms with Crippen LogP contribution in [0.15, 0.2) is 72.8 Å². The van der Waals surface area contributed by atoms with Gasteiger partial charge in [-0.3, -0.25) is 9.78 Å². The van der Waals surface area contributed by atoms with Gasteiger partial charge in [0.25, 0.3) is 0 Å². The normalized spacial score (nSPS) is 15.0. The molecule has 1 fully saturated rings. The van der Waals surface area contributed by atoms with E-state index in [4.69, 9.17) is 9.97 Å². The average molecular weight is 922 g/mol. The summed E-state index contributed by atoms with van der Waals surface area (Å²) in [6, 6.07) is 23.9. The Labute approximate surface area is 342 Å². The number of carbonyl (C=O) groups is 1. The predicted octanol–water partition coefficient (Wildman–Crippen LogP) is 14.1. The first kappa shape index (κ1) is 43.5. The molecule has 54 heavy (non-hydrogen) atoms. The minimum atomic E-state index is 0. The Balaban J connectivity index is 0.000000347. The molecular formula is C48H61IrN2O2S-. The van der Waals surface area contributed by atoms with Gasteiger partial charge in [0.05, 0.1) is 11.3 Å². The van der Waals surface area contributed by atoms with Crippen molar-refractivity contribution in [2.45, 2.75) is 132 Å². The van der Waals surface area contributed by atoms with Crippen LogP contribution in [-0.4, -0.2) is 20.9 Å². The number of aliphatic hydroxyl groups excluding tert-OH is 1. The Morgan fingerprint density at radius 2 is 1.56 bits per heavy atom. The van der Waals surface area contributed by atoms with Crippen LogP contribution in [0.5, 0.6) is 0 Å². The van der Waals surface area contributed by atoms with Crippen molar-refractivity contribution in [2.24, 2.45) is 17.3 Å². The fraction of sp³-hybridized carbons (Fsp3) is 0.479. The first-order valence-corrected chi connectivity index (χ1v) is 20.8. The van der Waals surface area contributed by atoms with E-state index in [1.165, 1.54) is 64.3 Å². The molecule has 291 valence electrons. The molecule has 2 heterocycles. The average Bonchev–Trinajstić information content (AvgIpc) is 3.48. The summed E-state index contributed by atoms with van der Waals surface area (Å²) >= 11 is 1.81. The van der Waals surface area contributed by atoms with Crippen molar-refractivity contribution in [1.29, 1.82) is 0 Å². The van der Waals surface area contributed by atoms with E-state index in [0.717, 1.165) is 52.5 Å². The molecule has 6 heteroatoms. The van der Waals surface area contributed by atoms with Crippen LogP contribution in [0.4, 0.5) is 0 Å². The third kappa shape index (κ3) is 9.97. The van der Waals surface area contributed by atoms with Crippen molar-refractivity contribution in [3.8, 4) is 21.7 Å². The number of ketones is 1. The number of aliphatic hydroxyl groups is 1. The number of hydrogen-bond acceptors (Lipinski definition) is 5. The van der Waals surface area contributed by atoms with E-state index >= 15 is 0 Å². The summed E-state index contributed by atoms with van der Waals surface area (Å²) in [6.45, 7) is 21.9. The molecule has 2 aromatic heterocycles. The molecule has 6 rings (SSSR count). The van der Waals surface area contributed by atoms with Crippen molar-refractivity contribution in [3.63, 3.8) is 0 Å². The minimum Gasteiger partial charge on any atom is -0.512 e. The minimum absolute atomic E-state index is 0. The molecule has 1 radical (unpaired) electrons. The second-order valence-electron chi connectivity index (χ2n) is 16.9. The van der Waals surface area contributed by atoms with Gasteiger partial charge in [0.15, 0.2) is 5.78 Å². The zero-order valence-electron chi connectivity index (χ0n) is 34.2. The molecule has 1 saturated carbocycles. The fourth-order valence-corrected chi connectivity index (χ4v) is 9.16. The molecule has 0 unspecified atom stereocenters. The van der Waals surface area contributed by atoms with Crippen LogP contribution in [0, 0.1) is 30.2 Å². The van der Waals surface area contributed by atoms with Gasteiger partial charge in [-0.05, 0) is 91.7 Å². The molecule has 1 N–H and O–H groups in total. The molecule has 0 amide bonds. The van der Waals surface area contributed by atoms with Gasteiger partial charge >= 0.3 is 0 Å². The predicted molar refractivity (Wildman–Crippen MR) is 227 cm³/mol. The van der Waals surface area contributed by atoms with Crippen molar-refractivity contribution in [1.82, 2.24) is 9.97 Å². The SMILES string of the molecule is CCC(CC)C(=O)/C=C(\O)C(CC)CC.Cc1c(-c2ccc(C3CCC(C)(C)CC3)cc2)sc2c(-c3[c-]c4ccccc4c(C(C)(C)C)c3)ncnc12.[Ir]. The van der Waals surface area contributed by atoms with Crippen molar-refractivity contribution < 1.29 is 30.0 Å². The summed E-state index contributed by atoms with van der Waals surface area (Å²) in [5.41, 5.74) is 8.91. The summed E-state index contributed by atoms with van der Waals surface area (Å²) in [6.07, 6.45) is 11.9. The maximum Gasteiger partial charge on any atom is 0.162 e. The Kier molecular flexibility index (Phi) is 15.0. The third-order valence-corrected chi connectivity index (χ3v) is 12.9.